The molecule has 0 bridgehead atoms. The average Bonchev–Trinajstić information content (AvgIpc) is 2.50. The molecule has 1 aliphatic carbocycles. The van der Waals surface area contributed by atoms with Crippen molar-refractivity contribution in [3.63, 3.8) is 0 Å². The molecule has 2 N–H and O–H groups in total. The van der Waals surface area contributed by atoms with Crippen molar-refractivity contribution in [2.24, 2.45) is 5.92 Å². The van der Waals surface area contributed by atoms with E-state index >= 15 is 0 Å². The number of aromatic hydroxyl groups is 1. The van der Waals surface area contributed by atoms with Gasteiger partial charge < -0.3 is 10.4 Å². The van der Waals surface area contributed by atoms with Gasteiger partial charge in [-0.25, -0.2) is 0 Å². The van der Waals surface area contributed by atoms with Crippen LogP contribution in [0.2, 0.25) is 0 Å². The van der Waals surface area contributed by atoms with Crippen LogP contribution in [0.3, 0.4) is 0 Å². The summed E-state index contributed by atoms with van der Waals surface area (Å²) in [6.45, 7) is 17.7. The number of phenolic OH excluding ortho intramolecular Hbond substituents is 1. The molecule has 1 saturated carbocycles. The molecule has 1 aliphatic heterocycles. The van der Waals surface area contributed by atoms with Crippen LogP contribution in [0, 0.1) is 5.92 Å². The maximum absolute atomic E-state index is 11.3. The first-order valence-electron chi connectivity index (χ1n) is 10.4. The second kappa shape index (κ2) is 9.55. The number of phenols is 1. The zero-order valence-corrected chi connectivity index (χ0v) is 20.1. The lowest BCUT2D eigenvalue weighted by atomic mass is 9.72. The Morgan fingerprint density at radius 2 is 1.54 bits per heavy atom. The normalized spacial score (nSPS) is 19.9. The molecule has 0 unspecified atom stereocenters. The summed E-state index contributed by atoms with van der Waals surface area (Å²) in [4.78, 5) is 2.62. The minimum absolute atomic E-state index is 0. The van der Waals surface area contributed by atoms with Crippen molar-refractivity contribution in [2.45, 2.75) is 77.7 Å². The third-order valence-electron chi connectivity index (χ3n) is 6.27. The first-order valence-corrected chi connectivity index (χ1v) is 10.4. The van der Waals surface area contributed by atoms with Gasteiger partial charge in [-0.1, -0.05) is 54.0 Å². The smallest absolute Gasteiger partial charge is 0.124 e. The second-order valence-corrected chi connectivity index (χ2v) is 10.4. The van der Waals surface area contributed by atoms with E-state index in [0.717, 1.165) is 31.7 Å². The number of rotatable bonds is 3. The van der Waals surface area contributed by atoms with Crippen LogP contribution < -0.4 is 5.32 Å². The first kappa shape index (κ1) is 25.6. The Labute approximate surface area is 184 Å². The number of hydrogen-bond acceptors (Lipinski definition) is 3. The van der Waals surface area contributed by atoms with Gasteiger partial charge in [0.2, 0.25) is 0 Å². The van der Waals surface area contributed by atoms with Crippen LogP contribution in [0.15, 0.2) is 12.1 Å². The molecule has 3 nitrogen and oxygen atoms in total. The van der Waals surface area contributed by atoms with Crippen LogP contribution in [0.1, 0.15) is 83.5 Å². The molecule has 3 rings (SSSR count). The van der Waals surface area contributed by atoms with Crippen molar-refractivity contribution in [3.8, 4) is 5.75 Å². The molecule has 0 aromatic heterocycles. The van der Waals surface area contributed by atoms with E-state index in [2.05, 4.69) is 63.9 Å². The Balaban J connectivity index is 0.00000196. The van der Waals surface area contributed by atoms with Crippen molar-refractivity contribution >= 4 is 24.8 Å². The fourth-order valence-corrected chi connectivity index (χ4v) is 4.35. The van der Waals surface area contributed by atoms with Crippen molar-refractivity contribution in [3.05, 3.63) is 28.8 Å². The third kappa shape index (κ3) is 5.36. The maximum Gasteiger partial charge on any atom is 0.124 e. The summed E-state index contributed by atoms with van der Waals surface area (Å²) in [5, 5.41) is 14.8. The van der Waals surface area contributed by atoms with Gasteiger partial charge in [-0.3, -0.25) is 4.90 Å². The first-order chi connectivity index (χ1) is 12.1. The number of nitrogens with zero attached hydrogens (tertiary/aromatic N) is 1. The molecular weight excluding hydrogens is 391 g/mol. The fourth-order valence-electron chi connectivity index (χ4n) is 4.35. The average molecular weight is 431 g/mol. The maximum atomic E-state index is 11.3. The molecule has 162 valence electrons. The minimum Gasteiger partial charge on any atom is -0.507 e. The van der Waals surface area contributed by atoms with Crippen LogP contribution in [-0.2, 0) is 10.8 Å². The van der Waals surface area contributed by atoms with E-state index < -0.39 is 0 Å². The molecule has 2 aliphatic rings. The van der Waals surface area contributed by atoms with Crippen molar-refractivity contribution in [2.75, 3.05) is 26.2 Å². The molecule has 2 fully saturated rings. The van der Waals surface area contributed by atoms with Gasteiger partial charge in [-0.05, 0) is 46.8 Å². The highest BCUT2D eigenvalue weighted by Gasteiger charge is 2.37. The lowest BCUT2D eigenvalue weighted by Gasteiger charge is -2.44. The summed E-state index contributed by atoms with van der Waals surface area (Å²) in [5.41, 5.74) is 3.63. The number of halogens is 2. The van der Waals surface area contributed by atoms with Crippen LogP contribution >= 0.6 is 24.8 Å². The molecule has 1 aromatic rings. The number of nitrogens with one attached hydrogen (secondary N) is 1. The topological polar surface area (TPSA) is 35.5 Å². The molecule has 28 heavy (non-hydrogen) atoms. The summed E-state index contributed by atoms with van der Waals surface area (Å²) in [6, 6.07) is 4.92. The van der Waals surface area contributed by atoms with Crippen LogP contribution in [0.5, 0.6) is 5.75 Å². The third-order valence-corrected chi connectivity index (χ3v) is 6.27. The van der Waals surface area contributed by atoms with E-state index in [1.165, 1.54) is 30.4 Å². The quantitative estimate of drug-likeness (QED) is 0.656. The highest BCUT2D eigenvalue weighted by atomic mass is 35.5. The van der Waals surface area contributed by atoms with E-state index in [1.54, 1.807) is 0 Å². The Morgan fingerprint density at radius 3 is 1.96 bits per heavy atom. The van der Waals surface area contributed by atoms with E-state index in [0.29, 0.717) is 17.7 Å². The summed E-state index contributed by atoms with van der Waals surface area (Å²) < 4.78 is 0. The summed E-state index contributed by atoms with van der Waals surface area (Å²) in [5.74, 6) is 1.22. The molecule has 1 saturated heterocycles. The van der Waals surface area contributed by atoms with E-state index in [4.69, 9.17) is 0 Å². The van der Waals surface area contributed by atoms with Crippen molar-refractivity contribution < 1.29 is 5.11 Å². The van der Waals surface area contributed by atoms with E-state index in [9.17, 15) is 5.11 Å². The zero-order chi connectivity index (χ0) is 19.1. The lowest BCUT2D eigenvalue weighted by molar-refractivity contribution is 0.0816. The van der Waals surface area contributed by atoms with Gasteiger partial charge in [0.15, 0.2) is 0 Å². The summed E-state index contributed by atoms with van der Waals surface area (Å²) in [7, 11) is 0. The largest absolute Gasteiger partial charge is 0.507 e. The minimum atomic E-state index is -0.0618. The molecule has 1 aromatic carbocycles. The van der Waals surface area contributed by atoms with Gasteiger partial charge in [0.1, 0.15) is 5.75 Å². The lowest BCUT2D eigenvalue weighted by Crippen LogP contribution is -2.48. The highest BCUT2D eigenvalue weighted by molar-refractivity contribution is 5.85. The van der Waals surface area contributed by atoms with Gasteiger partial charge in [-0.15, -0.1) is 24.8 Å². The van der Waals surface area contributed by atoms with Crippen LogP contribution in [0.4, 0.5) is 0 Å². The fraction of sp³-hybridized carbons (Fsp3) is 0.739. The Hall–Kier alpha value is -0.480. The molecule has 1 atom stereocenters. The number of benzene rings is 1. The Morgan fingerprint density at radius 1 is 0.964 bits per heavy atom. The Kier molecular flexibility index (Phi) is 8.72. The standard InChI is InChI=1S/C23H38N2O.2ClH/c1-22(2,3)17-14-18(21(26)19(15-17)23(4,5)6)20(16-8-7-9-16)25-12-10-24-11-13-25;;/h14-16,20,24,26H,7-13H2,1-6H3;2*1H/t20-;;/m0../s1. The second-order valence-electron chi connectivity index (χ2n) is 10.4. The zero-order valence-electron chi connectivity index (χ0n) is 18.5. The molecule has 0 spiro atoms. The Bertz CT molecular complexity index is 639. The summed E-state index contributed by atoms with van der Waals surface area (Å²) in [6.07, 6.45) is 3.91. The number of hydrogen-bond donors (Lipinski definition) is 2. The summed E-state index contributed by atoms with van der Waals surface area (Å²) >= 11 is 0. The predicted molar refractivity (Wildman–Crippen MR) is 125 cm³/mol. The molecule has 5 heteroatoms. The van der Waals surface area contributed by atoms with Gasteiger partial charge in [0, 0.05) is 37.8 Å². The van der Waals surface area contributed by atoms with Crippen molar-refractivity contribution in [1.82, 2.24) is 10.2 Å². The molecule has 0 amide bonds. The molecule has 1 heterocycles. The van der Waals surface area contributed by atoms with Gasteiger partial charge in [0.25, 0.3) is 0 Å². The van der Waals surface area contributed by atoms with Crippen LogP contribution in [-0.4, -0.2) is 36.2 Å². The molecular formula is C23H40Cl2N2O. The van der Waals surface area contributed by atoms with E-state index in [-0.39, 0.29) is 35.6 Å². The van der Waals surface area contributed by atoms with Gasteiger partial charge in [0.05, 0.1) is 0 Å². The van der Waals surface area contributed by atoms with Gasteiger partial charge >= 0.3 is 0 Å². The predicted octanol–water partition coefficient (Wildman–Crippen LogP) is 5.58. The van der Waals surface area contributed by atoms with Gasteiger partial charge in [-0.2, -0.15) is 0 Å². The van der Waals surface area contributed by atoms with Crippen LogP contribution in [0.25, 0.3) is 0 Å². The SMILES string of the molecule is CC(C)(C)c1cc([C@H](C2CCC2)N2CCNCC2)c(O)c(C(C)(C)C)c1.Cl.Cl. The highest BCUT2D eigenvalue weighted by Crippen LogP contribution is 2.47. The van der Waals surface area contributed by atoms with E-state index in [1.807, 2.05) is 0 Å². The monoisotopic (exact) mass is 430 g/mol. The molecule has 0 radical (unpaired) electrons. The van der Waals surface area contributed by atoms with Crippen molar-refractivity contribution in [1.29, 1.82) is 0 Å². The number of piperazine rings is 1.